The molecule has 0 spiro atoms. The van der Waals surface area contributed by atoms with Crippen LogP contribution in [0.15, 0.2) is 60.8 Å². The summed E-state index contributed by atoms with van der Waals surface area (Å²) in [5.41, 5.74) is 3.82. The highest BCUT2D eigenvalue weighted by Crippen LogP contribution is 2.18. The topological polar surface area (TPSA) is 28.5 Å². The number of nitrogens with zero attached hydrogens (tertiary/aromatic N) is 3. The molecule has 0 atom stereocenters. The molecule has 0 aliphatic carbocycles. The molecule has 0 N–H and O–H groups in total. The van der Waals surface area contributed by atoms with Crippen molar-refractivity contribution in [3.63, 3.8) is 0 Å². The van der Waals surface area contributed by atoms with Crippen LogP contribution in [-0.2, 0) is 17.9 Å². The van der Waals surface area contributed by atoms with E-state index >= 15 is 0 Å². The zero-order valence-electron chi connectivity index (χ0n) is 16.0. The third-order valence-electron chi connectivity index (χ3n) is 5.47. The van der Waals surface area contributed by atoms with Crippen LogP contribution in [0.4, 0.5) is 0 Å². The number of rotatable bonds is 5. The van der Waals surface area contributed by atoms with Crippen molar-refractivity contribution >= 4 is 16.8 Å². The lowest BCUT2D eigenvalue weighted by atomic mass is 10.2. The van der Waals surface area contributed by atoms with E-state index in [9.17, 15) is 4.79 Å². The first kappa shape index (κ1) is 17.8. The predicted molar refractivity (Wildman–Crippen MR) is 110 cm³/mol. The Morgan fingerprint density at radius 2 is 1.74 bits per heavy atom. The maximum atomic E-state index is 12.6. The minimum Gasteiger partial charge on any atom is -0.347 e. The van der Waals surface area contributed by atoms with Crippen LogP contribution < -0.4 is 0 Å². The number of hydrogen-bond donors (Lipinski definition) is 0. The molecule has 0 unspecified atom stereocenters. The highest BCUT2D eigenvalue weighted by atomic mass is 16.2. The zero-order chi connectivity index (χ0) is 18.6. The molecule has 2 aromatic carbocycles. The molecule has 1 amide bonds. The second-order valence-corrected chi connectivity index (χ2v) is 7.46. The molecule has 1 aromatic heterocycles. The second kappa shape index (κ2) is 7.97. The monoisotopic (exact) mass is 361 g/mol. The van der Waals surface area contributed by atoms with Gasteiger partial charge in [-0.25, -0.2) is 0 Å². The Balaban J connectivity index is 1.28. The third-order valence-corrected chi connectivity index (χ3v) is 5.47. The quantitative estimate of drug-likeness (QED) is 0.693. The van der Waals surface area contributed by atoms with E-state index in [1.54, 1.807) is 0 Å². The average molecular weight is 361 g/mol. The van der Waals surface area contributed by atoms with Gasteiger partial charge in [-0.05, 0) is 36.1 Å². The summed E-state index contributed by atoms with van der Waals surface area (Å²) in [6.07, 6.45) is 2.66. The fourth-order valence-corrected chi connectivity index (χ4v) is 3.89. The number of aryl methyl sites for hydroxylation is 2. The largest absolute Gasteiger partial charge is 0.347 e. The maximum Gasteiger partial charge on any atom is 0.224 e. The highest BCUT2D eigenvalue weighted by molar-refractivity contribution is 5.81. The molecule has 4 nitrogen and oxygen atoms in total. The number of carbonyl (C=O) groups excluding carboxylic acids is 1. The van der Waals surface area contributed by atoms with Crippen molar-refractivity contribution in [2.45, 2.75) is 26.4 Å². The molecule has 0 bridgehead atoms. The first-order valence-electron chi connectivity index (χ1n) is 9.78. The summed E-state index contributed by atoms with van der Waals surface area (Å²) in [4.78, 5) is 17.1. The van der Waals surface area contributed by atoms with Crippen LogP contribution in [0.1, 0.15) is 17.5 Å². The van der Waals surface area contributed by atoms with Crippen molar-refractivity contribution < 1.29 is 4.79 Å². The van der Waals surface area contributed by atoms with Gasteiger partial charge >= 0.3 is 0 Å². The van der Waals surface area contributed by atoms with Gasteiger partial charge in [0.05, 0.1) is 0 Å². The molecule has 27 heavy (non-hydrogen) atoms. The lowest BCUT2D eigenvalue weighted by Gasteiger charge is -2.34. The number of carbonyl (C=O) groups is 1. The number of hydrogen-bond acceptors (Lipinski definition) is 2. The Morgan fingerprint density at radius 1 is 0.963 bits per heavy atom. The van der Waals surface area contributed by atoms with Gasteiger partial charge in [-0.1, -0.05) is 42.0 Å². The molecule has 4 rings (SSSR count). The van der Waals surface area contributed by atoms with Gasteiger partial charge in [0.2, 0.25) is 5.91 Å². The summed E-state index contributed by atoms with van der Waals surface area (Å²) in [5, 5.41) is 1.25. The maximum absolute atomic E-state index is 12.6. The van der Waals surface area contributed by atoms with Crippen molar-refractivity contribution in [3.8, 4) is 0 Å². The molecule has 2 heterocycles. The van der Waals surface area contributed by atoms with Crippen LogP contribution >= 0.6 is 0 Å². The molecule has 1 aliphatic heterocycles. The van der Waals surface area contributed by atoms with E-state index in [4.69, 9.17) is 0 Å². The minimum absolute atomic E-state index is 0.267. The Labute approximate surface area is 161 Å². The summed E-state index contributed by atoms with van der Waals surface area (Å²) < 4.78 is 2.19. The lowest BCUT2D eigenvalue weighted by Crippen LogP contribution is -2.48. The highest BCUT2D eigenvalue weighted by Gasteiger charge is 2.21. The van der Waals surface area contributed by atoms with Gasteiger partial charge in [0.1, 0.15) is 0 Å². The third kappa shape index (κ3) is 4.22. The van der Waals surface area contributed by atoms with E-state index in [1.165, 1.54) is 22.0 Å². The van der Waals surface area contributed by atoms with Crippen molar-refractivity contribution in [2.24, 2.45) is 0 Å². The van der Waals surface area contributed by atoms with Gasteiger partial charge in [-0.3, -0.25) is 9.69 Å². The fraction of sp³-hybridized carbons (Fsp3) is 0.348. The number of piperazine rings is 1. The molecule has 1 fully saturated rings. The average Bonchev–Trinajstić information content (AvgIpc) is 3.09. The molecular weight excluding hydrogens is 334 g/mol. The van der Waals surface area contributed by atoms with Crippen LogP contribution in [0, 0.1) is 6.92 Å². The SMILES string of the molecule is Cc1ccc2c(ccn2CCC(=O)N2CCN(Cc3ccccc3)CC2)c1. The lowest BCUT2D eigenvalue weighted by molar-refractivity contribution is -0.133. The summed E-state index contributed by atoms with van der Waals surface area (Å²) in [6, 6.07) is 19.2. The molecule has 0 saturated carbocycles. The summed E-state index contributed by atoms with van der Waals surface area (Å²) in [6.45, 7) is 7.39. The van der Waals surface area contributed by atoms with Crippen molar-refractivity contribution in [3.05, 3.63) is 71.9 Å². The van der Waals surface area contributed by atoms with Gasteiger partial charge in [0, 0.05) is 57.4 Å². The van der Waals surface area contributed by atoms with Gasteiger partial charge in [0.25, 0.3) is 0 Å². The van der Waals surface area contributed by atoms with Crippen LogP contribution in [-0.4, -0.2) is 46.5 Å². The first-order valence-corrected chi connectivity index (χ1v) is 9.78. The van der Waals surface area contributed by atoms with E-state index in [0.717, 1.165) is 39.3 Å². The Hall–Kier alpha value is -2.59. The van der Waals surface area contributed by atoms with Crippen molar-refractivity contribution in [1.29, 1.82) is 0 Å². The van der Waals surface area contributed by atoms with E-state index in [1.807, 2.05) is 4.90 Å². The van der Waals surface area contributed by atoms with Gasteiger partial charge < -0.3 is 9.47 Å². The normalized spacial score (nSPS) is 15.4. The summed E-state index contributed by atoms with van der Waals surface area (Å²) in [7, 11) is 0. The molecular formula is C23H27N3O. The van der Waals surface area contributed by atoms with Crippen LogP contribution in [0.25, 0.3) is 10.9 Å². The van der Waals surface area contributed by atoms with E-state index in [0.29, 0.717) is 6.42 Å². The minimum atomic E-state index is 0.267. The van der Waals surface area contributed by atoms with Gasteiger partial charge in [0.15, 0.2) is 0 Å². The first-order chi connectivity index (χ1) is 13.2. The smallest absolute Gasteiger partial charge is 0.224 e. The molecule has 3 aromatic rings. The number of benzene rings is 2. The Bertz CT molecular complexity index is 908. The zero-order valence-corrected chi connectivity index (χ0v) is 16.0. The van der Waals surface area contributed by atoms with Gasteiger partial charge in [-0.2, -0.15) is 0 Å². The van der Waals surface area contributed by atoms with E-state index in [2.05, 4.69) is 77.2 Å². The van der Waals surface area contributed by atoms with Crippen LogP contribution in [0.2, 0.25) is 0 Å². The number of aromatic nitrogens is 1. The van der Waals surface area contributed by atoms with Crippen LogP contribution in [0.3, 0.4) is 0 Å². The van der Waals surface area contributed by atoms with E-state index in [-0.39, 0.29) is 5.91 Å². The second-order valence-electron chi connectivity index (χ2n) is 7.46. The van der Waals surface area contributed by atoms with Crippen molar-refractivity contribution in [1.82, 2.24) is 14.4 Å². The predicted octanol–water partition coefficient (Wildman–Crippen LogP) is 3.68. The van der Waals surface area contributed by atoms with Crippen molar-refractivity contribution in [2.75, 3.05) is 26.2 Å². The molecule has 1 saturated heterocycles. The number of amides is 1. The number of fused-ring (bicyclic) bond motifs is 1. The summed E-state index contributed by atoms with van der Waals surface area (Å²) in [5.74, 6) is 0.267. The summed E-state index contributed by atoms with van der Waals surface area (Å²) >= 11 is 0. The standard InChI is InChI=1S/C23H27N3O/c1-19-7-8-22-21(17-19)9-11-25(22)12-10-23(27)26-15-13-24(14-16-26)18-20-5-3-2-4-6-20/h2-9,11,17H,10,12-16,18H2,1H3. The molecule has 4 heteroatoms. The molecule has 140 valence electrons. The Kier molecular flexibility index (Phi) is 5.26. The van der Waals surface area contributed by atoms with E-state index < -0.39 is 0 Å². The van der Waals surface area contributed by atoms with Gasteiger partial charge in [-0.15, -0.1) is 0 Å². The molecule has 0 radical (unpaired) electrons. The molecule has 1 aliphatic rings. The van der Waals surface area contributed by atoms with Crippen LogP contribution in [0.5, 0.6) is 0 Å². The Morgan fingerprint density at radius 3 is 2.52 bits per heavy atom. The fourth-order valence-electron chi connectivity index (χ4n) is 3.89.